The van der Waals surface area contributed by atoms with E-state index in [-0.39, 0.29) is 18.0 Å². The summed E-state index contributed by atoms with van der Waals surface area (Å²) in [7, 11) is 0. The highest BCUT2D eigenvalue weighted by molar-refractivity contribution is 5.78. The summed E-state index contributed by atoms with van der Waals surface area (Å²) in [6.07, 6.45) is -0.286. The number of nitrogens with zero attached hydrogens (tertiary/aromatic N) is 2. The number of nitrogens with one attached hydrogen (secondary N) is 1. The van der Waals surface area contributed by atoms with Crippen LogP contribution in [0.2, 0.25) is 0 Å². The second-order valence-corrected chi connectivity index (χ2v) is 6.03. The summed E-state index contributed by atoms with van der Waals surface area (Å²) < 4.78 is 5.27. The van der Waals surface area contributed by atoms with Crippen molar-refractivity contribution in [2.75, 3.05) is 32.7 Å². The predicted molar refractivity (Wildman–Crippen MR) is 77.5 cm³/mol. The average molecular weight is 285 g/mol. The standard InChI is InChI=1S/C14H27N3O3/c1-6-16(7-2)12(18)8-15-11-9-17(10-11)13(19)20-14(3,4)5/h11,15H,6-10H2,1-5H3. The average Bonchev–Trinajstić information content (AvgIpc) is 2.25. The van der Waals surface area contributed by atoms with Gasteiger partial charge in [0.05, 0.1) is 6.54 Å². The second-order valence-electron chi connectivity index (χ2n) is 6.03. The van der Waals surface area contributed by atoms with E-state index in [4.69, 9.17) is 4.74 Å². The maximum Gasteiger partial charge on any atom is 0.410 e. The van der Waals surface area contributed by atoms with Crippen LogP contribution in [-0.4, -0.2) is 66.2 Å². The topological polar surface area (TPSA) is 61.9 Å². The van der Waals surface area contributed by atoms with Crippen LogP contribution >= 0.6 is 0 Å². The molecule has 1 rings (SSSR count). The van der Waals surface area contributed by atoms with Gasteiger partial charge >= 0.3 is 6.09 Å². The monoisotopic (exact) mass is 285 g/mol. The fraction of sp³-hybridized carbons (Fsp3) is 0.857. The zero-order valence-electron chi connectivity index (χ0n) is 13.2. The Hall–Kier alpha value is -1.30. The lowest BCUT2D eigenvalue weighted by Gasteiger charge is -2.40. The zero-order chi connectivity index (χ0) is 15.3. The first-order chi connectivity index (χ1) is 9.26. The van der Waals surface area contributed by atoms with Gasteiger partial charge in [-0.25, -0.2) is 4.79 Å². The summed E-state index contributed by atoms with van der Waals surface area (Å²) in [5.41, 5.74) is -0.464. The van der Waals surface area contributed by atoms with Crippen LogP contribution < -0.4 is 5.32 Å². The number of hydrogen-bond donors (Lipinski definition) is 1. The highest BCUT2D eigenvalue weighted by atomic mass is 16.6. The first-order valence-corrected chi connectivity index (χ1v) is 7.26. The highest BCUT2D eigenvalue weighted by Gasteiger charge is 2.33. The number of likely N-dealkylation sites (tertiary alicyclic amines) is 1. The molecule has 0 radical (unpaired) electrons. The molecule has 6 heteroatoms. The van der Waals surface area contributed by atoms with Gasteiger partial charge in [0.25, 0.3) is 0 Å². The van der Waals surface area contributed by atoms with E-state index in [2.05, 4.69) is 5.32 Å². The van der Waals surface area contributed by atoms with Crippen molar-refractivity contribution >= 4 is 12.0 Å². The third-order valence-electron chi connectivity index (χ3n) is 3.19. The Morgan fingerprint density at radius 3 is 2.25 bits per heavy atom. The SMILES string of the molecule is CCN(CC)C(=O)CNC1CN(C(=O)OC(C)(C)C)C1. The van der Waals surface area contributed by atoms with Gasteiger partial charge in [-0.1, -0.05) is 0 Å². The Labute approximate surface area is 121 Å². The van der Waals surface area contributed by atoms with E-state index in [0.717, 1.165) is 13.1 Å². The summed E-state index contributed by atoms with van der Waals surface area (Å²) in [4.78, 5) is 27.0. The van der Waals surface area contributed by atoms with Gasteiger partial charge in [0.2, 0.25) is 5.91 Å². The van der Waals surface area contributed by atoms with Crippen LogP contribution in [0.4, 0.5) is 4.79 Å². The minimum Gasteiger partial charge on any atom is -0.444 e. The van der Waals surface area contributed by atoms with E-state index < -0.39 is 5.60 Å². The van der Waals surface area contributed by atoms with Gasteiger partial charge in [-0.15, -0.1) is 0 Å². The Morgan fingerprint density at radius 2 is 1.80 bits per heavy atom. The third kappa shape index (κ3) is 5.00. The molecule has 0 bridgehead atoms. The first-order valence-electron chi connectivity index (χ1n) is 7.26. The molecular formula is C14H27N3O3. The van der Waals surface area contributed by atoms with Crippen molar-refractivity contribution in [1.82, 2.24) is 15.1 Å². The van der Waals surface area contributed by atoms with Gasteiger partial charge < -0.3 is 19.9 Å². The highest BCUT2D eigenvalue weighted by Crippen LogP contribution is 2.15. The number of rotatable bonds is 5. The summed E-state index contributed by atoms with van der Waals surface area (Å²) in [5.74, 6) is 0.103. The molecule has 0 aromatic carbocycles. The molecule has 1 aliphatic heterocycles. The van der Waals surface area contributed by atoms with Crippen molar-refractivity contribution in [3.63, 3.8) is 0 Å². The molecule has 0 aliphatic carbocycles. The molecule has 1 fully saturated rings. The molecule has 0 aromatic rings. The van der Waals surface area contributed by atoms with Crippen LogP contribution in [0, 0.1) is 0 Å². The lowest BCUT2D eigenvalue weighted by Crippen LogP contribution is -2.61. The van der Waals surface area contributed by atoms with Gasteiger partial charge in [-0.05, 0) is 34.6 Å². The normalized spacial score (nSPS) is 15.8. The Morgan fingerprint density at radius 1 is 1.25 bits per heavy atom. The van der Waals surface area contributed by atoms with E-state index in [1.165, 1.54) is 0 Å². The molecule has 2 amide bonds. The second kappa shape index (κ2) is 6.92. The molecule has 0 aromatic heterocycles. The van der Waals surface area contributed by atoms with Crippen LogP contribution in [0.5, 0.6) is 0 Å². The lowest BCUT2D eigenvalue weighted by molar-refractivity contribution is -0.130. The van der Waals surface area contributed by atoms with Gasteiger partial charge in [-0.2, -0.15) is 0 Å². The lowest BCUT2D eigenvalue weighted by atomic mass is 10.1. The molecule has 6 nitrogen and oxygen atoms in total. The summed E-state index contributed by atoms with van der Waals surface area (Å²) in [5, 5.41) is 3.18. The maximum absolute atomic E-state index is 11.8. The first kappa shape index (κ1) is 16.8. The molecular weight excluding hydrogens is 258 g/mol. The van der Waals surface area contributed by atoms with Crippen LogP contribution in [0.3, 0.4) is 0 Å². The Bertz CT molecular complexity index is 342. The van der Waals surface area contributed by atoms with E-state index in [1.54, 1.807) is 9.80 Å². The summed E-state index contributed by atoms with van der Waals surface area (Å²) in [6, 6.07) is 0.182. The quantitative estimate of drug-likeness (QED) is 0.820. The van der Waals surface area contributed by atoms with E-state index in [9.17, 15) is 9.59 Å². The largest absolute Gasteiger partial charge is 0.444 e. The fourth-order valence-electron chi connectivity index (χ4n) is 2.00. The number of ether oxygens (including phenoxy) is 1. The summed E-state index contributed by atoms with van der Waals surface area (Å²) >= 11 is 0. The molecule has 1 aliphatic rings. The molecule has 0 atom stereocenters. The molecule has 0 saturated carbocycles. The van der Waals surface area contributed by atoms with E-state index in [0.29, 0.717) is 19.6 Å². The molecule has 0 unspecified atom stereocenters. The van der Waals surface area contributed by atoms with Crippen molar-refractivity contribution in [3.8, 4) is 0 Å². The predicted octanol–water partition coefficient (Wildman–Crippen LogP) is 1.06. The van der Waals surface area contributed by atoms with Crippen molar-refractivity contribution in [3.05, 3.63) is 0 Å². The Kier molecular flexibility index (Phi) is 5.80. The number of amides is 2. The van der Waals surface area contributed by atoms with Crippen molar-refractivity contribution in [2.45, 2.75) is 46.3 Å². The molecule has 20 heavy (non-hydrogen) atoms. The minimum absolute atomic E-state index is 0.103. The summed E-state index contributed by atoms with van der Waals surface area (Å²) in [6.45, 7) is 12.5. The van der Waals surface area contributed by atoms with Crippen LogP contribution in [0.1, 0.15) is 34.6 Å². The van der Waals surface area contributed by atoms with Gasteiger partial charge in [0.1, 0.15) is 5.60 Å². The van der Waals surface area contributed by atoms with Gasteiger partial charge in [-0.3, -0.25) is 4.79 Å². The van der Waals surface area contributed by atoms with Crippen molar-refractivity contribution < 1.29 is 14.3 Å². The molecule has 1 heterocycles. The molecule has 1 saturated heterocycles. The Balaban J connectivity index is 2.22. The smallest absolute Gasteiger partial charge is 0.410 e. The third-order valence-corrected chi connectivity index (χ3v) is 3.19. The van der Waals surface area contributed by atoms with Crippen molar-refractivity contribution in [1.29, 1.82) is 0 Å². The van der Waals surface area contributed by atoms with Gasteiger partial charge in [0.15, 0.2) is 0 Å². The molecule has 1 N–H and O–H groups in total. The van der Waals surface area contributed by atoms with Crippen LogP contribution in [0.25, 0.3) is 0 Å². The maximum atomic E-state index is 11.8. The van der Waals surface area contributed by atoms with E-state index in [1.807, 2.05) is 34.6 Å². The number of carbonyl (C=O) groups is 2. The van der Waals surface area contributed by atoms with Crippen LogP contribution in [-0.2, 0) is 9.53 Å². The van der Waals surface area contributed by atoms with Gasteiger partial charge in [0, 0.05) is 32.2 Å². The van der Waals surface area contributed by atoms with Crippen LogP contribution in [0.15, 0.2) is 0 Å². The number of carbonyl (C=O) groups excluding carboxylic acids is 2. The molecule has 0 spiro atoms. The fourth-order valence-corrected chi connectivity index (χ4v) is 2.00. The molecule has 116 valence electrons. The zero-order valence-corrected chi connectivity index (χ0v) is 13.2. The number of likely N-dealkylation sites (N-methyl/N-ethyl adjacent to an activating group) is 1. The van der Waals surface area contributed by atoms with E-state index >= 15 is 0 Å². The van der Waals surface area contributed by atoms with Crippen molar-refractivity contribution in [2.24, 2.45) is 0 Å². The number of hydrogen-bond acceptors (Lipinski definition) is 4. The minimum atomic E-state index is -0.464.